The van der Waals surface area contributed by atoms with Gasteiger partial charge in [0.1, 0.15) is 0 Å². The summed E-state index contributed by atoms with van der Waals surface area (Å²) in [7, 11) is 1.69. The summed E-state index contributed by atoms with van der Waals surface area (Å²) in [5.41, 5.74) is 2.92. The molecule has 2 rings (SSSR count). The Balaban J connectivity index is 2.27. The molecule has 1 heterocycles. The first-order valence-electron chi connectivity index (χ1n) is 6.33. The van der Waals surface area contributed by atoms with Crippen molar-refractivity contribution in [1.29, 1.82) is 0 Å². The molecule has 2 aromatic rings. The van der Waals surface area contributed by atoms with Crippen LogP contribution in [0, 0.1) is 5.92 Å². The minimum absolute atomic E-state index is 0.0567. The first-order chi connectivity index (χ1) is 8.97. The van der Waals surface area contributed by atoms with E-state index in [-0.39, 0.29) is 5.82 Å². The van der Waals surface area contributed by atoms with Crippen LogP contribution >= 0.6 is 0 Å². The molecule has 0 amide bonds. The third kappa shape index (κ3) is 3.02. The molecule has 1 aromatic carbocycles. The van der Waals surface area contributed by atoms with Gasteiger partial charge in [-0.05, 0) is 17.9 Å². The van der Waals surface area contributed by atoms with Gasteiger partial charge >= 0.3 is 5.97 Å². The molecule has 0 aliphatic heterocycles. The molecule has 19 heavy (non-hydrogen) atoms. The van der Waals surface area contributed by atoms with Crippen LogP contribution in [-0.4, -0.2) is 20.6 Å². The predicted molar refractivity (Wildman–Crippen MR) is 74.1 cm³/mol. The smallest absolute Gasteiger partial charge is 0.372 e. The van der Waals surface area contributed by atoms with E-state index in [1.165, 1.54) is 10.1 Å². The highest BCUT2D eigenvalue weighted by atomic mass is 16.4. The number of benzene rings is 1. The van der Waals surface area contributed by atoms with Gasteiger partial charge in [0, 0.05) is 18.8 Å². The second-order valence-electron chi connectivity index (χ2n) is 5.16. The summed E-state index contributed by atoms with van der Waals surface area (Å²) in [5.74, 6) is -0.328. The number of hydrogen-bond acceptors (Lipinski definition) is 2. The third-order valence-corrected chi connectivity index (χ3v) is 2.96. The highest BCUT2D eigenvalue weighted by Gasteiger charge is 2.13. The molecule has 0 aliphatic carbocycles. The fraction of sp³-hybridized carbons (Fsp3) is 0.333. The van der Waals surface area contributed by atoms with Gasteiger partial charge in [0.2, 0.25) is 5.82 Å². The normalized spacial score (nSPS) is 10.9. The van der Waals surface area contributed by atoms with Crippen LogP contribution in [0.5, 0.6) is 0 Å². The largest absolute Gasteiger partial charge is 0.475 e. The molecule has 0 saturated carbocycles. The van der Waals surface area contributed by atoms with Gasteiger partial charge in [-0.1, -0.05) is 38.1 Å². The van der Waals surface area contributed by atoms with E-state index in [9.17, 15) is 4.79 Å². The number of aromatic carboxylic acids is 1. The third-order valence-electron chi connectivity index (χ3n) is 2.96. The summed E-state index contributed by atoms with van der Waals surface area (Å²) in [6.07, 6.45) is 2.78. The van der Waals surface area contributed by atoms with Crippen molar-refractivity contribution in [3.05, 3.63) is 41.9 Å². The van der Waals surface area contributed by atoms with Gasteiger partial charge in [-0.25, -0.2) is 9.78 Å². The molecule has 0 spiro atoms. The number of carboxylic acid groups (broad SMARTS) is 1. The standard InChI is InChI=1S/C15H18N2O2/c1-10(2)8-11-4-6-12(7-5-11)13-9-17(3)14(16-13)15(18)19/h4-7,9-10H,8H2,1-3H3,(H,18,19). The van der Waals surface area contributed by atoms with Gasteiger partial charge in [0.25, 0.3) is 0 Å². The van der Waals surface area contributed by atoms with E-state index in [4.69, 9.17) is 5.11 Å². The van der Waals surface area contributed by atoms with Crippen molar-refractivity contribution < 1.29 is 9.90 Å². The maximum Gasteiger partial charge on any atom is 0.372 e. The van der Waals surface area contributed by atoms with Crippen molar-refractivity contribution in [2.45, 2.75) is 20.3 Å². The maximum atomic E-state index is 11.0. The Kier molecular flexibility index (Phi) is 3.69. The van der Waals surface area contributed by atoms with Crippen LogP contribution < -0.4 is 0 Å². The first-order valence-corrected chi connectivity index (χ1v) is 6.33. The summed E-state index contributed by atoms with van der Waals surface area (Å²) in [6.45, 7) is 4.37. The first kappa shape index (κ1) is 13.3. The van der Waals surface area contributed by atoms with Crippen LogP contribution in [0.1, 0.15) is 30.0 Å². The highest BCUT2D eigenvalue weighted by Crippen LogP contribution is 2.20. The van der Waals surface area contributed by atoms with E-state index >= 15 is 0 Å². The highest BCUT2D eigenvalue weighted by molar-refractivity contribution is 5.84. The molecule has 4 nitrogen and oxygen atoms in total. The molecular weight excluding hydrogens is 240 g/mol. The minimum Gasteiger partial charge on any atom is -0.475 e. The number of aromatic nitrogens is 2. The molecule has 0 bridgehead atoms. The molecule has 4 heteroatoms. The Morgan fingerprint density at radius 2 is 1.95 bits per heavy atom. The van der Waals surface area contributed by atoms with E-state index in [1.54, 1.807) is 13.2 Å². The van der Waals surface area contributed by atoms with Crippen molar-refractivity contribution >= 4 is 5.97 Å². The Morgan fingerprint density at radius 1 is 1.32 bits per heavy atom. The van der Waals surface area contributed by atoms with E-state index in [2.05, 4.69) is 31.0 Å². The number of carbonyl (C=O) groups is 1. The monoisotopic (exact) mass is 258 g/mol. The zero-order valence-corrected chi connectivity index (χ0v) is 11.4. The lowest BCUT2D eigenvalue weighted by Crippen LogP contribution is -2.04. The van der Waals surface area contributed by atoms with Crippen molar-refractivity contribution in [1.82, 2.24) is 9.55 Å². The molecule has 0 atom stereocenters. The van der Waals surface area contributed by atoms with E-state index in [0.29, 0.717) is 11.6 Å². The molecule has 0 fully saturated rings. The lowest BCUT2D eigenvalue weighted by molar-refractivity contribution is 0.0680. The summed E-state index contributed by atoms with van der Waals surface area (Å²) in [4.78, 5) is 15.1. The second kappa shape index (κ2) is 5.26. The topological polar surface area (TPSA) is 55.1 Å². The van der Waals surface area contributed by atoms with Crippen molar-refractivity contribution in [3.8, 4) is 11.3 Å². The summed E-state index contributed by atoms with van der Waals surface area (Å²) >= 11 is 0. The minimum atomic E-state index is -1.01. The van der Waals surface area contributed by atoms with E-state index < -0.39 is 5.97 Å². The van der Waals surface area contributed by atoms with E-state index in [1.807, 2.05) is 12.1 Å². The SMILES string of the molecule is CC(C)Cc1ccc(-c2cn(C)c(C(=O)O)n2)cc1. The summed E-state index contributed by atoms with van der Waals surface area (Å²) in [6, 6.07) is 8.13. The lowest BCUT2D eigenvalue weighted by atomic mass is 10.0. The van der Waals surface area contributed by atoms with Crippen molar-refractivity contribution in [2.75, 3.05) is 0 Å². The van der Waals surface area contributed by atoms with Gasteiger partial charge in [-0.2, -0.15) is 0 Å². The maximum absolute atomic E-state index is 11.0. The van der Waals surface area contributed by atoms with Gasteiger partial charge in [0.05, 0.1) is 5.69 Å². The Morgan fingerprint density at radius 3 is 2.42 bits per heavy atom. The van der Waals surface area contributed by atoms with Gasteiger partial charge in [0.15, 0.2) is 0 Å². The number of nitrogens with zero attached hydrogens (tertiary/aromatic N) is 2. The average molecular weight is 258 g/mol. The number of imidazole rings is 1. The van der Waals surface area contributed by atoms with Crippen LogP contribution in [-0.2, 0) is 13.5 Å². The van der Waals surface area contributed by atoms with Gasteiger partial charge < -0.3 is 9.67 Å². The lowest BCUT2D eigenvalue weighted by Gasteiger charge is -2.05. The van der Waals surface area contributed by atoms with Crippen LogP contribution in [0.4, 0.5) is 0 Å². The van der Waals surface area contributed by atoms with Crippen LogP contribution in [0.25, 0.3) is 11.3 Å². The number of rotatable bonds is 4. The van der Waals surface area contributed by atoms with Crippen molar-refractivity contribution in [3.63, 3.8) is 0 Å². The van der Waals surface area contributed by atoms with Gasteiger partial charge in [-0.15, -0.1) is 0 Å². The zero-order valence-electron chi connectivity index (χ0n) is 11.4. The van der Waals surface area contributed by atoms with Crippen molar-refractivity contribution in [2.24, 2.45) is 13.0 Å². The fourth-order valence-corrected chi connectivity index (χ4v) is 2.09. The molecule has 0 unspecified atom stereocenters. The second-order valence-corrected chi connectivity index (χ2v) is 5.16. The zero-order chi connectivity index (χ0) is 14.0. The van der Waals surface area contributed by atoms with Gasteiger partial charge in [-0.3, -0.25) is 0 Å². The summed E-state index contributed by atoms with van der Waals surface area (Å²) < 4.78 is 1.53. The molecule has 0 aliphatic rings. The molecule has 100 valence electrons. The fourth-order valence-electron chi connectivity index (χ4n) is 2.09. The Bertz CT molecular complexity index is 583. The van der Waals surface area contributed by atoms with Crippen LogP contribution in [0.2, 0.25) is 0 Å². The Labute approximate surface area is 112 Å². The summed E-state index contributed by atoms with van der Waals surface area (Å²) in [5, 5.41) is 8.99. The Hall–Kier alpha value is -2.10. The molecule has 0 saturated heterocycles. The molecule has 1 N–H and O–H groups in total. The number of aryl methyl sites for hydroxylation is 1. The van der Waals surface area contributed by atoms with Crippen LogP contribution in [0.15, 0.2) is 30.5 Å². The number of hydrogen-bond donors (Lipinski definition) is 1. The quantitative estimate of drug-likeness (QED) is 0.917. The van der Waals surface area contributed by atoms with Crippen LogP contribution in [0.3, 0.4) is 0 Å². The molecule has 0 radical (unpaired) electrons. The van der Waals surface area contributed by atoms with E-state index in [0.717, 1.165) is 12.0 Å². The predicted octanol–water partition coefficient (Wildman–Crippen LogP) is 2.98. The molecular formula is C15H18N2O2. The number of carboxylic acids is 1. The average Bonchev–Trinajstić information content (AvgIpc) is 2.71. The molecule has 1 aromatic heterocycles.